The van der Waals surface area contributed by atoms with Crippen LogP contribution in [-0.4, -0.2) is 29.3 Å². The number of carbonyl (C=O) groups excluding carboxylic acids is 2. The van der Waals surface area contributed by atoms with Crippen LogP contribution in [0.5, 0.6) is 11.5 Å². The van der Waals surface area contributed by atoms with Crippen molar-refractivity contribution in [1.29, 1.82) is 0 Å². The summed E-state index contributed by atoms with van der Waals surface area (Å²) >= 11 is 0.830. The van der Waals surface area contributed by atoms with Crippen molar-refractivity contribution < 1.29 is 23.5 Å². The molecule has 0 radical (unpaired) electrons. The van der Waals surface area contributed by atoms with Gasteiger partial charge in [-0.25, -0.2) is 4.39 Å². The van der Waals surface area contributed by atoms with Crippen LogP contribution in [0.2, 0.25) is 0 Å². The molecular weight excluding hydrogens is 393 g/mol. The summed E-state index contributed by atoms with van der Waals surface area (Å²) in [7, 11) is 0. The average Bonchev–Trinajstić information content (AvgIpc) is 2.96. The van der Waals surface area contributed by atoms with E-state index < -0.39 is 17.0 Å². The summed E-state index contributed by atoms with van der Waals surface area (Å²) in [4.78, 5) is 26.3. The predicted octanol–water partition coefficient (Wildman–Crippen LogP) is 5.03. The Morgan fingerprint density at radius 3 is 2.66 bits per heavy atom. The number of rotatable bonds is 8. The molecule has 1 saturated heterocycles. The minimum atomic E-state index is -0.452. The Bertz CT molecular complexity index is 973. The minimum absolute atomic E-state index is 0.104. The van der Waals surface area contributed by atoms with E-state index in [0.29, 0.717) is 35.8 Å². The van der Waals surface area contributed by atoms with Crippen LogP contribution in [0.15, 0.2) is 60.0 Å². The van der Waals surface area contributed by atoms with E-state index in [4.69, 9.17) is 9.47 Å². The molecule has 2 aromatic rings. The first-order valence-corrected chi connectivity index (χ1v) is 9.84. The molecule has 150 valence electrons. The average molecular weight is 413 g/mol. The molecule has 0 atom stereocenters. The van der Waals surface area contributed by atoms with Crippen molar-refractivity contribution in [2.45, 2.75) is 13.5 Å². The number of carbonyl (C=O) groups is 2. The van der Waals surface area contributed by atoms with Crippen molar-refractivity contribution in [2.24, 2.45) is 0 Å². The molecule has 0 spiro atoms. The first kappa shape index (κ1) is 20.7. The third-order valence-electron chi connectivity index (χ3n) is 4.08. The molecule has 2 amide bonds. The highest BCUT2D eigenvalue weighted by atomic mass is 32.2. The van der Waals surface area contributed by atoms with Crippen molar-refractivity contribution in [3.8, 4) is 11.5 Å². The molecule has 7 heteroatoms. The summed E-state index contributed by atoms with van der Waals surface area (Å²) in [5, 5.41) is -0.430. The van der Waals surface area contributed by atoms with Gasteiger partial charge < -0.3 is 9.47 Å². The summed E-state index contributed by atoms with van der Waals surface area (Å²) in [5.41, 5.74) is 0.981. The molecular formula is C22H20FNO4S. The Labute approximate surface area is 172 Å². The molecule has 29 heavy (non-hydrogen) atoms. The number of hydrogen-bond acceptors (Lipinski definition) is 5. The Hall–Kier alpha value is -3.06. The lowest BCUT2D eigenvalue weighted by molar-refractivity contribution is -0.123. The standard InChI is InChI=1S/C22H20FNO4S/c1-3-11-28-18-10-9-15(12-19(18)27-4-2)13-20-21(25)24(22(26)29-20)14-16-7-5-6-8-17(16)23/h3,5-10,12-13H,1,4,11,14H2,2H3/b20-13-. The number of benzene rings is 2. The van der Waals surface area contributed by atoms with Crippen molar-refractivity contribution in [3.05, 3.63) is 77.0 Å². The number of imide groups is 1. The second kappa shape index (κ2) is 9.43. The van der Waals surface area contributed by atoms with Gasteiger partial charge in [-0.3, -0.25) is 14.5 Å². The van der Waals surface area contributed by atoms with Gasteiger partial charge in [-0.15, -0.1) is 0 Å². The molecule has 3 rings (SSSR count). The van der Waals surface area contributed by atoms with Gasteiger partial charge in [0.05, 0.1) is 18.1 Å². The molecule has 0 N–H and O–H groups in total. The molecule has 1 aliphatic rings. The van der Waals surface area contributed by atoms with Crippen LogP contribution >= 0.6 is 11.8 Å². The van der Waals surface area contributed by atoms with E-state index in [-0.39, 0.29) is 11.4 Å². The van der Waals surface area contributed by atoms with Gasteiger partial charge >= 0.3 is 0 Å². The minimum Gasteiger partial charge on any atom is -0.490 e. The highest BCUT2D eigenvalue weighted by Crippen LogP contribution is 2.35. The van der Waals surface area contributed by atoms with E-state index in [0.717, 1.165) is 16.7 Å². The lowest BCUT2D eigenvalue weighted by Gasteiger charge is -2.13. The molecule has 1 aliphatic heterocycles. The number of amides is 2. The zero-order valence-electron chi connectivity index (χ0n) is 15.9. The SMILES string of the molecule is C=CCOc1ccc(/C=C2\SC(=O)N(Cc3ccccc3F)C2=O)cc1OCC. The molecule has 0 aliphatic carbocycles. The van der Waals surface area contributed by atoms with Gasteiger partial charge in [-0.1, -0.05) is 36.9 Å². The number of thioether (sulfide) groups is 1. The van der Waals surface area contributed by atoms with Crippen LogP contribution in [0.4, 0.5) is 9.18 Å². The Morgan fingerprint density at radius 1 is 1.14 bits per heavy atom. The highest BCUT2D eigenvalue weighted by molar-refractivity contribution is 8.18. The van der Waals surface area contributed by atoms with Gasteiger partial charge in [0.15, 0.2) is 11.5 Å². The van der Waals surface area contributed by atoms with E-state index in [9.17, 15) is 14.0 Å². The van der Waals surface area contributed by atoms with E-state index in [2.05, 4.69) is 6.58 Å². The topological polar surface area (TPSA) is 55.8 Å². The van der Waals surface area contributed by atoms with Crippen LogP contribution in [0.3, 0.4) is 0 Å². The fourth-order valence-corrected chi connectivity index (χ4v) is 3.57. The quantitative estimate of drug-likeness (QED) is 0.449. The van der Waals surface area contributed by atoms with Gasteiger partial charge in [0, 0.05) is 5.56 Å². The number of halogens is 1. The molecule has 0 saturated carbocycles. The third kappa shape index (κ3) is 4.86. The lowest BCUT2D eigenvalue weighted by Crippen LogP contribution is -2.27. The fraction of sp³-hybridized carbons (Fsp3) is 0.182. The van der Waals surface area contributed by atoms with Crippen molar-refractivity contribution >= 4 is 29.0 Å². The zero-order chi connectivity index (χ0) is 20.8. The molecule has 1 heterocycles. The largest absolute Gasteiger partial charge is 0.490 e. The molecule has 0 aromatic heterocycles. The van der Waals surface area contributed by atoms with Crippen molar-refractivity contribution in [2.75, 3.05) is 13.2 Å². The van der Waals surface area contributed by atoms with Crippen molar-refractivity contribution in [3.63, 3.8) is 0 Å². The number of hydrogen-bond donors (Lipinski definition) is 0. The van der Waals surface area contributed by atoms with Crippen molar-refractivity contribution in [1.82, 2.24) is 4.90 Å². The van der Waals surface area contributed by atoms with E-state index in [1.54, 1.807) is 48.6 Å². The summed E-state index contributed by atoms with van der Waals surface area (Å²) in [6.45, 7) is 6.17. The Balaban J connectivity index is 1.82. The fourth-order valence-electron chi connectivity index (χ4n) is 2.74. The van der Waals surface area contributed by atoms with Crippen LogP contribution in [-0.2, 0) is 11.3 Å². The lowest BCUT2D eigenvalue weighted by atomic mass is 10.1. The van der Waals surface area contributed by atoms with Crippen LogP contribution < -0.4 is 9.47 Å². The van der Waals surface area contributed by atoms with Crippen LogP contribution in [0, 0.1) is 5.82 Å². The Morgan fingerprint density at radius 2 is 1.93 bits per heavy atom. The summed E-state index contributed by atoms with van der Waals surface area (Å²) < 4.78 is 25.0. The second-order valence-electron chi connectivity index (χ2n) is 6.10. The Kier molecular flexibility index (Phi) is 6.72. The van der Waals surface area contributed by atoms with Crippen LogP contribution in [0.25, 0.3) is 6.08 Å². The maximum absolute atomic E-state index is 13.9. The smallest absolute Gasteiger partial charge is 0.293 e. The maximum Gasteiger partial charge on any atom is 0.293 e. The second-order valence-corrected chi connectivity index (χ2v) is 7.09. The van der Waals surface area contributed by atoms with E-state index >= 15 is 0 Å². The first-order chi connectivity index (χ1) is 14.0. The molecule has 2 aromatic carbocycles. The first-order valence-electron chi connectivity index (χ1n) is 9.02. The molecule has 0 bridgehead atoms. The zero-order valence-corrected chi connectivity index (χ0v) is 16.7. The number of ether oxygens (including phenoxy) is 2. The van der Waals surface area contributed by atoms with Gasteiger partial charge in [0.25, 0.3) is 11.1 Å². The summed E-state index contributed by atoms with van der Waals surface area (Å²) in [6.07, 6.45) is 3.25. The highest BCUT2D eigenvalue weighted by Gasteiger charge is 2.35. The molecule has 5 nitrogen and oxygen atoms in total. The monoisotopic (exact) mass is 413 g/mol. The molecule has 0 unspecified atom stereocenters. The summed E-state index contributed by atoms with van der Waals surface area (Å²) in [6, 6.07) is 11.3. The van der Waals surface area contributed by atoms with Crippen LogP contribution in [0.1, 0.15) is 18.1 Å². The van der Waals surface area contributed by atoms with Gasteiger partial charge in [0.1, 0.15) is 12.4 Å². The maximum atomic E-state index is 13.9. The van der Waals surface area contributed by atoms with E-state index in [1.165, 1.54) is 6.07 Å². The van der Waals surface area contributed by atoms with Gasteiger partial charge in [0.2, 0.25) is 0 Å². The third-order valence-corrected chi connectivity index (χ3v) is 4.99. The molecule has 1 fully saturated rings. The normalized spacial score (nSPS) is 15.1. The number of nitrogens with zero attached hydrogens (tertiary/aromatic N) is 1. The van der Waals surface area contributed by atoms with Gasteiger partial charge in [-0.2, -0.15) is 0 Å². The predicted molar refractivity (Wildman–Crippen MR) is 111 cm³/mol. The summed E-state index contributed by atoms with van der Waals surface area (Å²) in [5.74, 6) is 0.199. The van der Waals surface area contributed by atoms with E-state index in [1.807, 2.05) is 6.92 Å². The van der Waals surface area contributed by atoms with Gasteiger partial charge in [-0.05, 0) is 48.5 Å².